The zero-order chi connectivity index (χ0) is 5.91. The lowest BCUT2D eigenvalue weighted by Gasteiger charge is -2.17. The molecule has 0 aliphatic rings. The third-order valence-corrected chi connectivity index (χ3v) is 2.15. The molecular formula is C4H11BrOSi. The van der Waals surface area contributed by atoms with Crippen molar-refractivity contribution in [2.45, 2.75) is 26.4 Å². The fourth-order valence-electron chi connectivity index (χ4n) is 0.164. The third-order valence-electron chi connectivity index (χ3n) is 0.488. The molecule has 0 amide bonds. The Labute approximate surface area is 55.0 Å². The van der Waals surface area contributed by atoms with E-state index in [9.17, 15) is 0 Å². The van der Waals surface area contributed by atoms with Gasteiger partial charge < -0.3 is 4.43 Å². The monoisotopic (exact) mass is 182 g/mol. The van der Waals surface area contributed by atoms with Gasteiger partial charge in [-0.1, -0.05) is 15.3 Å². The molecule has 0 fully saturated rings. The molecule has 1 nitrogen and oxygen atoms in total. The zero-order valence-corrected chi connectivity index (χ0v) is 7.99. The Balaban J connectivity index is 3.15. The third kappa shape index (κ3) is 6.66. The van der Waals surface area contributed by atoms with Crippen LogP contribution in [0.5, 0.6) is 0 Å². The maximum atomic E-state index is 5.28. The maximum Gasteiger partial charge on any atom is 0.233 e. The van der Waals surface area contributed by atoms with Crippen LogP contribution in [0.4, 0.5) is 0 Å². The first-order valence-electron chi connectivity index (χ1n) is 2.26. The lowest BCUT2D eigenvalue weighted by molar-refractivity contribution is 0.145. The minimum atomic E-state index is -0.378. The van der Waals surface area contributed by atoms with E-state index in [-0.39, 0.29) is 14.0 Å². The van der Waals surface area contributed by atoms with E-state index >= 15 is 0 Å². The molecule has 44 valence electrons. The van der Waals surface area contributed by atoms with Crippen LogP contribution in [0.3, 0.4) is 0 Å². The highest BCUT2D eigenvalue weighted by molar-refractivity contribution is 9.23. The standard InChI is InChI=1S/C4H11BrOSi/c1-4(2,3)6-7-5/h7H2,1-3H3. The molecule has 0 saturated heterocycles. The smallest absolute Gasteiger partial charge is 0.233 e. The average Bonchev–Trinajstić information content (AvgIpc) is 1.30. The first-order valence-corrected chi connectivity index (χ1v) is 6.74. The summed E-state index contributed by atoms with van der Waals surface area (Å²) in [7, 11) is -0.378. The molecule has 0 radical (unpaired) electrons. The van der Waals surface area contributed by atoms with Crippen molar-refractivity contribution in [3.05, 3.63) is 0 Å². The molecule has 7 heavy (non-hydrogen) atoms. The van der Waals surface area contributed by atoms with Gasteiger partial charge in [-0.05, 0) is 20.8 Å². The normalized spacial score (nSPS) is 13.7. The summed E-state index contributed by atoms with van der Waals surface area (Å²) in [5, 5.41) is 0. The van der Waals surface area contributed by atoms with Crippen molar-refractivity contribution in [2.24, 2.45) is 0 Å². The minimum absolute atomic E-state index is 0.0652. The molecule has 0 N–H and O–H groups in total. The fourth-order valence-corrected chi connectivity index (χ4v) is 2.55. The SMILES string of the molecule is CC(C)(C)O[SiH2]Br. The zero-order valence-electron chi connectivity index (χ0n) is 4.99. The van der Waals surface area contributed by atoms with E-state index in [1.54, 1.807) is 0 Å². The molecular weight excluding hydrogens is 172 g/mol. The Morgan fingerprint density at radius 2 is 1.86 bits per heavy atom. The van der Waals surface area contributed by atoms with E-state index in [1.165, 1.54) is 0 Å². The van der Waals surface area contributed by atoms with Crippen molar-refractivity contribution < 1.29 is 4.43 Å². The summed E-state index contributed by atoms with van der Waals surface area (Å²) < 4.78 is 5.28. The predicted octanol–water partition coefficient (Wildman–Crippen LogP) is 1.20. The van der Waals surface area contributed by atoms with Crippen LogP contribution in [0.1, 0.15) is 20.8 Å². The van der Waals surface area contributed by atoms with Crippen LogP contribution in [0.25, 0.3) is 0 Å². The van der Waals surface area contributed by atoms with Gasteiger partial charge in [-0.3, -0.25) is 0 Å². The molecule has 0 atom stereocenters. The molecule has 0 heterocycles. The van der Waals surface area contributed by atoms with Crippen LogP contribution in [-0.4, -0.2) is 14.0 Å². The molecule has 0 bridgehead atoms. The molecule has 0 unspecified atom stereocenters. The summed E-state index contributed by atoms with van der Waals surface area (Å²) in [5.74, 6) is 0. The van der Waals surface area contributed by atoms with Gasteiger partial charge in [0.05, 0.1) is 0 Å². The van der Waals surface area contributed by atoms with Crippen LogP contribution in [0.2, 0.25) is 0 Å². The Kier molecular flexibility index (Phi) is 3.11. The van der Waals surface area contributed by atoms with Gasteiger partial charge in [-0.2, -0.15) is 0 Å². The second kappa shape index (κ2) is 2.84. The van der Waals surface area contributed by atoms with Crippen molar-refractivity contribution in [2.75, 3.05) is 0 Å². The van der Waals surface area contributed by atoms with E-state index in [0.717, 1.165) is 0 Å². The van der Waals surface area contributed by atoms with Crippen LogP contribution >= 0.6 is 15.3 Å². The Hall–Kier alpha value is 0.657. The summed E-state index contributed by atoms with van der Waals surface area (Å²) >= 11 is 3.30. The number of rotatable bonds is 1. The van der Waals surface area contributed by atoms with Crippen LogP contribution in [0.15, 0.2) is 0 Å². The highest BCUT2D eigenvalue weighted by Crippen LogP contribution is 2.05. The number of hydrogen-bond acceptors (Lipinski definition) is 1. The molecule has 0 aliphatic heterocycles. The van der Waals surface area contributed by atoms with Gasteiger partial charge in [0.2, 0.25) is 8.38 Å². The quantitative estimate of drug-likeness (QED) is 0.438. The van der Waals surface area contributed by atoms with Gasteiger partial charge in [0.15, 0.2) is 0 Å². The lowest BCUT2D eigenvalue weighted by Crippen LogP contribution is -2.19. The highest BCUT2D eigenvalue weighted by Gasteiger charge is 2.06. The van der Waals surface area contributed by atoms with E-state index in [0.29, 0.717) is 0 Å². The van der Waals surface area contributed by atoms with Crippen LogP contribution in [-0.2, 0) is 4.43 Å². The first kappa shape index (κ1) is 7.66. The summed E-state index contributed by atoms with van der Waals surface area (Å²) in [6.07, 6.45) is 0. The molecule has 0 aromatic heterocycles. The lowest BCUT2D eigenvalue weighted by atomic mass is 10.2. The minimum Gasteiger partial charge on any atom is -0.408 e. The largest absolute Gasteiger partial charge is 0.408 e. The first-order chi connectivity index (χ1) is 3.06. The van der Waals surface area contributed by atoms with Crippen molar-refractivity contribution in [1.29, 1.82) is 0 Å². The van der Waals surface area contributed by atoms with E-state index in [4.69, 9.17) is 4.43 Å². The van der Waals surface area contributed by atoms with E-state index in [1.807, 2.05) is 0 Å². The van der Waals surface area contributed by atoms with E-state index < -0.39 is 0 Å². The van der Waals surface area contributed by atoms with Gasteiger partial charge in [0, 0.05) is 5.60 Å². The van der Waals surface area contributed by atoms with Gasteiger partial charge in [0.1, 0.15) is 0 Å². The maximum absolute atomic E-state index is 5.28. The summed E-state index contributed by atoms with van der Waals surface area (Å²) in [6, 6.07) is 0. The van der Waals surface area contributed by atoms with Gasteiger partial charge in [-0.25, -0.2) is 0 Å². The van der Waals surface area contributed by atoms with Crippen LogP contribution in [0, 0.1) is 0 Å². The van der Waals surface area contributed by atoms with Gasteiger partial charge in [-0.15, -0.1) is 0 Å². The molecule has 0 aromatic carbocycles. The van der Waals surface area contributed by atoms with Crippen molar-refractivity contribution in [1.82, 2.24) is 0 Å². The second-order valence-electron chi connectivity index (χ2n) is 2.37. The van der Waals surface area contributed by atoms with Crippen molar-refractivity contribution >= 4 is 23.7 Å². The van der Waals surface area contributed by atoms with Crippen molar-refractivity contribution in [3.8, 4) is 0 Å². The molecule has 3 heteroatoms. The van der Waals surface area contributed by atoms with Gasteiger partial charge in [0.25, 0.3) is 0 Å². The topological polar surface area (TPSA) is 9.23 Å². The molecule has 0 aromatic rings. The average molecular weight is 183 g/mol. The Morgan fingerprint density at radius 3 is 1.86 bits per heavy atom. The molecule has 0 spiro atoms. The van der Waals surface area contributed by atoms with Crippen LogP contribution < -0.4 is 0 Å². The Bertz CT molecular complexity index is 50.1. The summed E-state index contributed by atoms with van der Waals surface area (Å²) in [6.45, 7) is 6.17. The fraction of sp³-hybridized carbons (Fsp3) is 1.00. The van der Waals surface area contributed by atoms with Crippen molar-refractivity contribution in [3.63, 3.8) is 0 Å². The summed E-state index contributed by atoms with van der Waals surface area (Å²) in [4.78, 5) is 0. The highest BCUT2D eigenvalue weighted by atomic mass is 79.9. The Morgan fingerprint density at radius 1 is 1.43 bits per heavy atom. The van der Waals surface area contributed by atoms with E-state index in [2.05, 4.69) is 36.1 Å². The molecule has 0 aliphatic carbocycles. The number of hydrogen-bond donors (Lipinski definition) is 0. The molecule has 0 rings (SSSR count). The molecule has 0 saturated carbocycles. The number of halogens is 1. The summed E-state index contributed by atoms with van der Waals surface area (Å²) in [5.41, 5.74) is 0.0652. The second-order valence-corrected chi connectivity index (χ2v) is 4.25. The van der Waals surface area contributed by atoms with Gasteiger partial charge >= 0.3 is 0 Å². The predicted molar refractivity (Wildman–Crippen MR) is 38.3 cm³/mol.